The van der Waals surface area contributed by atoms with Gasteiger partial charge in [-0.15, -0.1) is 0 Å². The fourth-order valence-electron chi connectivity index (χ4n) is 2.22. The topological polar surface area (TPSA) is 75.4 Å². The van der Waals surface area contributed by atoms with Gasteiger partial charge < -0.3 is 10.2 Å². The number of nitrogens with two attached hydrogens (primary N) is 1. The van der Waals surface area contributed by atoms with Crippen LogP contribution >= 0.6 is 23.8 Å². The van der Waals surface area contributed by atoms with Crippen LogP contribution in [0.25, 0.3) is 0 Å². The first-order chi connectivity index (χ1) is 11.6. The minimum Gasteiger partial charge on any atom is -0.345 e. The van der Waals surface area contributed by atoms with Crippen molar-refractivity contribution in [2.24, 2.45) is 5.14 Å². The first-order valence-corrected chi connectivity index (χ1v) is 9.85. The summed E-state index contributed by atoms with van der Waals surface area (Å²) >= 11 is 11.6. The van der Waals surface area contributed by atoms with E-state index in [1.807, 2.05) is 44.0 Å². The predicted octanol–water partition coefficient (Wildman–Crippen LogP) is 3.69. The molecular weight excluding hydrogens is 378 g/mol. The molecule has 25 heavy (non-hydrogen) atoms. The van der Waals surface area contributed by atoms with E-state index in [-0.39, 0.29) is 10.9 Å². The van der Waals surface area contributed by atoms with Crippen molar-refractivity contribution >= 4 is 44.6 Å². The number of rotatable bonds is 4. The molecule has 5 nitrogen and oxygen atoms in total. The van der Waals surface area contributed by atoms with Crippen molar-refractivity contribution in [1.82, 2.24) is 4.90 Å². The highest BCUT2D eigenvalue weighted by Gasteiger charge is 2.16. The van der Waals surface area contributed by atoms with E-state index < -0.39 is 10.0 Å². The molecule has 0 heterocycles. The van der Waals surface area contributed by atoms with Gasteiger partial charge in [0, 0.05) is 17.8 Å². The first-order valence-electron chi connectivity index (χ1n) is 7.52. The summed E-state index contributed by atoms with van der Waals surface area (Å²) in [6.45, 7) is 3.91. The zero-order valence-electron chi connectivity index (χ0n) is 14.2. The third-order valence-electron chi connectivity index (χ3n) is 4.02. The molecule has 0 aliphatic carbocycles. The van der Waals surface area contributed by atoms with Crippen LogP contribution in [0.2, 0.25) is 5.02 Å². The molecule has 0 unspecified atom stereocenters. The molecule has 134 valence electrons. The van der Waals surface area contributed by atoms with Gasteiger partial charge in [-0.05, 0) is 61.5 Å². The number of anilines is 1. The Bertz CT molecular complexity index is 883. The highest BCUT2D eigenvalue weighted by Crippen LogP contribution is 2.23. The second-order valence-corrected chi connectivity index (χ2v) is 8.15. The van der Waals surface area contributed by atoms with Gasteiger partial charge in [-0.25, -0.2) is 13.6 Å². The predicted molar refractivity (Wildman–Crippen MR) is 106 cm³/mol. The summed E-state index contributed by atoms with van der Waals surface area (Å²) in [4.78, 5) is 1.97. The quantitative estimate of drug-likeness (QED) is 0.769. The van der Waals surface area contributed by atoms with Crippen LogP contribution in [0.15, 0.2) is 47.4 Å². The van der Waals surface area contributed by atoms with Crippen molar-refractivity contribution in [3.05, 3.63) is 58.6 Å². The Morgan fingerprint density at radius 1 is 1.24 bits per heavy atom. The molecule has 1 atom stereocenters. The molecule has 0 radical (unpaired) electrons. The van der Waals surface area contributed by atoms with Crippen molar-refractivity contribution in [2.45, 2.75) is 24.8 Å². The van der Waals surface area contributed by atoms with E-state index in [1.165, 1.54) is 12.1 Å². The van der Waals surface area contributed by atoms with Gasteiger partial charge >= 0.3 is 0 Å². The smallest absolute Gasteiger partial charge is 0.238 e. The molecule has 0 amide bonds. The molecule has 0 saturated carbocycles. The van der Waals surface area contributed by atoms with Crippen molar-refractivity contribution in [2.75, 3.05) is 12.4 Å². The van der Waals surface area contributed by atoms with Gasteiger partial charge in [-0.2, -0.15) is 0 Å². The first kappa shape index (κ1) is 19.7. The molecule has 0 aliphatic heterocycles. The maximum atomic E-state index is 11.3. The van der Waals surface area contributed by atoms with Crippen LogP contribution in [0.3, 0.4) is 0 Å². The van der Waals surface area contributed by atoms with Gasteiger partial charge in [0.05, 0.1) is 10.9 Å². The maximum Gasteiger partial charge on any atom is 0.238 e. The highest BCUT2D eigenvalue weighted by molar-refractivity contribution is 7.89. The Balaban J connectivity index is 2.11. The van der Waals surface area contributed by atoms with E-state index in [2.05, 4.69) is 5.32 Å². The van der Waals surface area contributed by atoms with Crippen LogP contribution in [0.5, 0.6) is 0 Å². The summed E-state index contributed by atoms with van der Waals surface area (Å²) < 4.78 is 22.7. The van der Waals surface area contributed by atoms with Crippen LogP contribution in [-0.2, 0) is 10.0 Å². The standard InChI is InChI=1S/C17H20ClN3O2S2/c1-11-4-7-14(10-16(11)18)20-17(24)21(3)12(2)13-5-8-15(9-6-13)25(19,22)23/h4-10,12H,1-3H3,(H,20,24)(H2,19,22,23)/t12-/m1/s1. The Morgan fingerprint density at radius 2 is 1.84 bits per heavy atom. The third-order valence-corrected chi connectivity index (χ3v) is 5.74. The number of halogens is 1. The lowest BCUT2D eigenvalue weighted by Crippen LogP contribution is -2.33. The molecule has 0 aromatic heterocycles. The van der Waals surface area contributed by atoms with Gasteiger partial charge in [0.25, 0.3) is 0 Å². The molecule has 0 aliphatic rings. The average Bonchev–Trinajstić information content (AvgIpc) is 2.56. The molecule has 0 saturated heterocycles. The number of hydrogen-bond acceptors (Lipinski definition) is 3. The number of hydrogen-bond donors (Lipinski definition) is 2. The van der Waals surface area contributed by atoms with Gasteiger partial charge in [0.15, 0.2) is 5.11 Å². The summed E-state index contributed by atoms with van der Waals surface area (Å²) in [6, 6.07) is 12.0. The van der Waals surface area contributed by atoms with E-state index in [9.17, 15) is 8.42 Å². The summed E-state index contributed by atoms with van der Waals surface area (Å²) in [6.07, 6.45) is 0. The Labute approximate surface area is 158 Å². The van der Waals surface area contributed by atoms with Gasteiger partial charge in [0.2, 0.25) is 10.0 Å². The average molecular weight is 398 g/mol. The molecule has 8 heteroatoms. The number of sulfonamides is 1. The minimum atomic E-state index is -3.69. The lowest BCUT2D eigenvalue weighted by molar-refractivity contribution is 0.408. The fourth-order valence-corrected chi connectivity index (χ4v) is 3.19. The summed E-state index contributed by atoms with van der Waals surface area (Å²) in [5.41, 5.74) is 2.72. The summed E-state index contributed by atoms with van der Waals surface area (Å²) in [5, 5.41) is 9.47. The fraction of sp³-hybridized carbons (Fsp3) is 0.235. The molecule has 2 aromatic carbocycles. The van der Waals surface area contributed by atoms with Crippen molar-refractivity contribution in [3.8, 4) is 0 Å². The van der Waals surface area contributed by atoms with Gasteiger partial charge in [0.1, 0.15) is 0 Å². The Morgan fingerprint density at radius 3 is 2.36 bits per heavy atom. The summed E-state index contributed by atoms with van der Waals surface area (Å²) in [5.74, 6) is 0. The van der Waals surface area contributed by atoms with E-state index in [1.54, 1.807) is 12.1 Å². The second kappa shape index (κ2) is 7.70. The Hall–Kier alpha value is -1.67. The number of benzene rings is 2. The van der Waals surface area contributed by atoms with Crippen LogP contribution in [0.1, 0.15) is 24.1 Å². The molecule has 0 fully saturated rings. The lowest BCUT2D eigenvalue weighted by atomic mass is 10.1. The monoisotopic (exact) mass is 397 g/mol. The number of aryl methyl sites for hydroxylation is 1. The number of primary sulfonamides is 1. The Kier molecular flexibility index (Phi) is 6.05. The number of thiocarbonyl (C=S) groups is 1. The third kappa shape index (κ3) is 4.92. The molecule has 2 aromatic rings. The molecule has 0 spiro atoms. The number of nitrogens with zero attached hydrogens (tertiary/aromatic N) is 1. The normalized spacial score (nSPS) is 12.5. The zero-order valence-corrected chi connectivity index (χ0v) is 16.5. The van der Waals surface area contributed by atoms with E-state index in [0.29, 0.717) is 10.1 Å². The largest absolute Gasteiger partial charge is 0.345 e. The zero-order chi connectivity index (χ0) is 18.8. The molecule has 0 bridgehead atoms. The van der Waals surface area contributed by atoms with Crippen molar-refractivity contribution < 1.29 is 8.42 Å². The van der Waals surface area contributed by atoms with Crippen LogP contribution in [0.4, 0.5) is 5.69 Å². The molecule has 2 rings (SSSR count). The molecular formula is C17H20ClN3O2S2. The maximum absolute atomic E-state index is 11.3. The SMILES string of the molecule is Cc1ccc(NC(=S)N(C)[C@H](C)c2ccc(S(N)(=O)=O)cc2)cc1Cl. The van der Waals surface area contributed by atoms with Crippen LogP contribution in [0, 0.1) is 6.92 Å². The highest BCUT2D eigenvalue weighted by atomic mass is 35.5. The summed E-state index contributed by atoms with van der Waals surface area (Å²) in [7, 11) is -1.83. The minimum absolute atomic E-state index is 0.0598. The van der Waals surface area contributed by atoms with E-state index >= 15 is 0 Å². The second-order valence-electron chi connectivity index (χ2n) is 5.80. The van der Waals surface area contributed by atoms with Crippen LogP contribution < -0.4 is 10.5 Å². The van der Waals surface area contributed by atoms with E-state index in [4.69, 9.17) is 29.0 Å². The van der Waals surface area contributed by atoms with Crippen LogP contribution in [-0.4, -0.2) is 25.5 Å². The lowest BCUT2D eigenvalue weighted by Gasteiger charge is -2.28. The number of nitrogens with one attached hydrogen (secondary N) is 1. The van der Waals surface area contributed by atoms with Crippen molar-refractivity contribution in [1.29, 1.82) is 0 Å². The van der Waals surface area contributed by atoms with Gasteiger partial charge in [-0.1, -0.05) is 29.8 Å². The van der Waals surface area contributed by atoms with Gasteiger partial charge in [-0.3, -0.25) is 0 Å². The van der Waals surface area contributed by atoms with Crippen molar-refractivity contribution in [3.63, 3.8) is 0 Å². The van der Waals surface area contributed by atoms with E-state index in [0.717, 1.165) is 16.8 Å². The molecule has 3 N–H and O–H groups in total.